The fraction of sp³-hybridized carbons (Fsp3) is 0.200. The van der Waals surface area contributed by atoms with E-state index >= 15 is 0 Å². The van der Waals surface area contributed by atoms with Crippen molar-refractivity contribution in [1.82, 2.24) is 0 Å². The molecule has 11 heavy (non-hydrogen) atoms. The summed E-state index contributed by atoms with van der Waals surface area (Å²) >= 11 is 0. The van der Waals surface area contributed by atoms with Gasteiger partial charge in [0.2, 0.25) is 0 Å². The van der Waals surface area contributed by atoms with Gasteiger partial charge >= 0.3 is 0 Å². The van der Waals surface area contributed by atoms with Gasteiger partial charge in [-0.25, -0.2) is 0 Å². The molecule has 1 aliphatic carbocycles. The van der Waals surface area contributed by atoms with Crippen LogP contribution in [0.2, 0.25) is 0 Å². The molecule has 0 saturated carbocycles. The van der Waals surface area contributed by atoms with Crippen molar-refractivity contribution in [2.24, 2.45) is 0 Å². The lowest BCUT2D eigenvalue weighted by Gasteiger charge is -2.16. The van der Waals surface area contributed by atoms with E-state index in [2.05, 4.69) is 36.4 Å². The summed E-state index contributed by atoms with van der Waals surface area (Å²) in [5, 5.41) is 0. The normalized spacial score (nSPS) is 21.6. The van der Waals surface area contributed by atoms with Crippen LogP contribution >= 0.6 is 0 Å². The highest BCUT2D eigenvalue weighted by atomic mass is 28.1. The maximum Gasteiger partial charge on any atom is 0.0127 e. The number of rotatable bonds is 0. The van der Waals surface area contributed by atoms with E-state index in [4.69, 9.17) is 0 Å². The molecule has 0 nitrogen and oxygen atoms in total. The molecule has 0 amide bonds. The van der Waals surface area contributed by atoms with E-state index in [0.29, 0.717) is 0 Å². The molecule has 0 spiro atoms. The summed E-state index contributed by atoms with van der Waals surface area (Å²) < 4.78 is 0. The van der Waals surface area contributed by atoms with Crippen molar-refractivity contribution in [1.29, 1.82) is 0 Å². The topological polar surface area (TPSA) is 0 Å². The fourth-order valence-corrected chi connectivity index (χ4v) is 2.44. The molecule has 0 aromatic heterocycles. The standard InChI is InChI=1S/C10H12Si/c11-10-7-3-5-8-4-1-2-6-9(8)10/h1-6,10H,7H2,11H3. The third kappa shape index (κ3) is 1.16. The minimum Gasteiger partial charge on any atom is -0.0836 e. The zero-order valence-corrected chi connectivity index (χ0v) is 8.75. The molecule has 56 valence electrons. The van der Waals surface area contributed by atoms with Gasteiger partial charge in [0.05, 0.1) is 0 Å². The van der Waals surface area contributed by atoms with Crippen LogP contribution in [0.5, 0.6) is 0 Å². The lowest BCUT2D eigenvalue weighted by atomic mass is 9.97. The molecule has 0 heterocycles. The van der Waals surface area contributed by atoms with Gasteiger partial charge in [0.25, 0.3) is 0 Å². The van der Waals surface area contributed by atoms with Crippen molar-refractivity contribution < 1.29 is 0 Å². The zero-order valence-electron chi connectivity index (χ0n) is 6.75. The second kappa shape index (κ2) is 2.66. The molecule has 0 N–H and O–H groups in total. The van der Waals surface area contributed by atoms with Gasteiger partial charge in [0.1, 0.15) is 0 Å². The Morgan fingerprint density at radius 2 is 2.09 bits per heavy atom. The Morgan fingerprint density at radius 3 is 2.91 bits per heavy atom. The van der Waals surface area contributed by atoms with Crippen molar-refractivity contribution in [3.63, 3.8) is 0 Å². The van der Waals surface area contributed by atoms with Crippen LogP contribution in [0, 0.1) is 0 Å². The maximum atomic E-state index is 2.29. The third-order valence-electron chi connectivity index (χ3n) is 2.31. The highest BCUT2D eigenvalue weighted by Gasteiger charge is 2.09. The molecule has 1 atom stereocenters. The van der Waals surface area contributed by atoms with Crippen LogP contribution in [0.1, 0.15) is 23.1 Å². The molecule has 0 bridgehead atoms. The molecular weight excluding hydrogens is 148 g/mol. The second-order valence-electron chi connectivity index (χ2n) is 3.17. The maximum absolute atomic E-state index is 2.29. The Morgan fingerprint density at radius 1 is 1.27 bits per heavy atom. The quantitative estimate of drug-likeness (QED) is 0.505. The summed E-state index contributed by atoms with van der Waals surface area (Å²) in [4.78, 5) is 0. The first kappa shape index (κ1) is 6.86. The molecule has 0 aliphatic heterocycles. The predicted octanol–water partition coefficient (Wildman–Crippen LogP) is 1.51. The van der Waals surface area contributed by atoms with E-state index in [9.17, 15) is 0 Å². The monoisotopic (exact) mass is 160 g/mol. The van der Waals surface area contributed by atoms with Crippen LogP contribution in [0.25, 0.3) is 6.08 Å². The zero-order chi connectivity index (χ0) is 7.68. The largest absolute Gasteiger partial charge is 0.0836 e. The van der Waals surface area contributed by atoms with Crippen molar-refractivity contribution in [2.45, 2.75) is 12.0 Å². The van der Waals surface area contributed by atoms with Gasteiger partial charge in [-0.3, -0.25) is 0 Å². The smallest absolute Gasteiger partial charge is 0.0127 e. The second-order valence-corrected chi connectivity index (χ2v) is 4.56. The van der Waals surface area contributed by atoms with E-state index in [1.165, 1.54) is 22.2 Å². The van der Waals surface area contributed by atoms with E-state index < -0.39 is 0 Å². The molecule has 0 fully saturated rings. The number of hydrogen-bond acceptors (Lipinski definition) is 0. The summed E-state index contributed by atoms with van der Waals surface area (Å²) in [5.41, 5.74) is 3.83. The third-order valence-corrected chi connectivity index (χ3v) is 3.41. The minimum atomic E-state index is 0.844. The molecule has 1 heteroatoms. The lowest BCUT2D eigenvalue weighted by molar-refractivity contribution is 0.940. The summed E-state index contributed by atoms with van der Waals surface area (Å²) in [7, 11) is 1.28. The Labute approximate surface area is 70.4 Å². The Hall–Kier alpha value is -0.823. The molecular formula is C10H12Si. The lowest BCUT2D eigenvalue weighted by Crippen LogP contribution is -2.02. The van der Waals surface area contributed by atoms with Crippen LogP contribution in [-0.4, -0.2) is 10.2 Å². The summed E-state index contributed by atoms with van der Waals surface area (Å²) in [6.45, 7) is 0. The van der Waals surface area contributed by atoms with Gasteiger partial charge in [-0.05, 0) is 23.1 Å². The van der Waals surface area contributed by atoms with Crippen molar-refractivity contribution in [3.05, 3.63) is 41.5 Å². The average molecular weight is 160 g/mol. The van der Waals surface area contributed by atoms with Crippen molar-refractivity contribution in [3.8, 4) is 0 Å². The number of allylic oxidation sites excluding steroid dienone is 1. The van der Waals surface area contributed by atoms with Gasteiger partial charge in [0, 0.05) is 10.2 Å². The molecule has 1 unspecified atom stereocenters. The predicted molar refractivity (Wildman–Crippen MR) is 52.8 cm³/mol. The van der Waals surface area contributed by atoms with Gasteiger partial charge in [0.15, 0.2) is 0 Å². The van der Waals surface area contributed by atoms with Crippen LogP contribution in [0.3, 0.4) is 0 Å². The first-order valence-corrected chi connectivity index (χ1v) is 5.29. The van der Waals surface area contributed by atoms with Crippen LogP contribution in [0.4, 0.5) is 0 Å². The van der Waals surface area contributed by atoms with E-state index in [1.807, 2.05) is 0 Å². The molecule has 0 radical (unpaired) electrons. The Balaban J connectivity index is 2.54. The average Bonchev–Trinajstić information content (AvgIpc) is 2.06. The first-order valence-electron chi connectivity index (χ1n) is 4.13. The Bertz CT molecular complexity index is 289. The molecule has 1 aliphatic rings. The van der Waals surface area contributed by atoms with Crippen LogP contribution in [0.15, 0.2) is 30.3 Å². The number of hydrogen-bond donors (Lipinski definition) is 0. The van der Waals surface area contributed by atoms with Crippen LogP contribution in [-0.2, 0) is 0 Å². The number of fused-ring (bicyclic) bond motifs is 1. The van der Waals surface area contributed by atoms with Crippen LogP contribution < -0.4 is 0 Å². The summed E-state index contributed by atoms with van der Waals surface area (Å²) in [6, 6.07) is 8.72. The highest BCUT2D eigenvalue weighted by molar-refractivity contribution is 6.13. The Kier molecular flexibility index (Phi) is 1.66. The summed E-state index contributed by atoms with van der Waals surface area (Å²) in [5.74, 6) is 0. The fourth-order valence-electron chi connectivity index (χ4n) is 1.64. The SMILES string of the molecule is [SiH3]C1CC=Cc2ccccc21. The van der Waals surface area contributed by atoms with Gasteiger partial charge in [-0.2, -0.15) is 0 Å². The van der Waals surface area contributed by atoms with Gasteiger partial charge in [-0.1, -0.05) is 36.4 Å². The van der Waals surface area contributed by atoms with Gasteiger partial charge in [-0.15, -0.1) is 0 Å². The van der Waals surface area contributed by atoms with E-state index in [0.717, 1.165) is 5.54 Å². The molecule has 0 saturated heterocycles. The number of benzene rings is 1. The molecule has 2 rings (SSSR count). The highest BCUT2D eigenvalue weighted by Crippen LogP contribution is 2.26. The van der Waals surface area contributed by atoms with Crippen molar-refractivity contribution >= 4 is 16.3 Å². The van der Waals surface area contributed by atoms with Crippen molar-refractivity contribution in [2.75, 3.05) is 0 Å². The molecule has 1 aromatic carbocycles. The molecule has 1 aromatic rings. The van der Waals surface area contributed by atoms with E-state index in [1.54, 1.807) is 5.56 Å². The minimum absolute atomic E-state index is 0.844. The van der Waals surface area contributed by atoms with Gasteiger partial charge < -0.3 is 0 Å². The van der Waals surface area contributed by atoms with E-state index in [-0.39, 0.29) is 0 Å². The first-order chi connectivity index (χ1) is 5.38. The summed E-state index contributed by atoms with van der Waals surface area (Å²) in [6.07, 6.45) is 5.78.